The van der Waals surface area contributed by atoms with Crippen molar-refractivity contribution in [3.63, 3.8) is 0 Å². The highest BCUT2D eigenvalue weighted by Crippen LogP contribution is 2.24. The highest BCUT2D eigenvalue weighted by atomic mass is 16.5. The number of morpholine rings is 1. The summed E-state index contributed by atoms with van der Waals surface area (Å²) >= 11 is 0. The molecule has 2 saturated heterocycles. The Kier molecular flexibility index (Phi) is 6.63. The molecule has 0 N–H and O–H groups in total. The zero-order valence-electron chi connectivity index (χ0n) is 15.5. The standard InChI is InChI=1S/C18H32N2O4/c1-18(2,3)17(22)20-7-5-6-14(12-20)11-19-8-9-24-15(13-19)10-16(21)23-4/h14-15H,5-13H2,1-4H3. The van der Waals surface area contributed by atoms with E-state index in [1.165, 1.54) is 7.11 Å². The van der Waals surface area contributed by atoms with E-state index in [0.29, 0.717) is 18.9 Å². The molecule has 138 valence electrons. The van der Waals surface area contributed by atoms with Crippen molar-refractivity contribution < 1.29 is 19.1 Å². The Hall–Kier alpha value is -1.14. The monoisotopic (exact) mass is 340 g/mol. The van der Waals surface area contributed by atoms with Crippen molar-refractivity contribution in [3.05, 3.63) is 0 Å². The predicted octanol–water partition coefficient (Wildman–Crippen LogP) is 1.53. The van der Waals surface area contributed by atoms with Crippen molar-refractivity contribution in [3.8, 4) is 0 Å². The van der Waals surface area contributed by atoms with Gasteiger partial charge in [0, 0.05) is 38.1 Å². The Morgan fingerprint density at radius 2 is 1.96 bits per heavy atom. The Morgan fingerprint density at radius 3 is 2.62 bits per heavy atom. The van der Waals surface area contributed by atoms with Gasteiger partial charge in [0.2, 0.25) is 5.91 Å². The third-order valence-electron chi connectivity index (χ3n) is 4.81. The average Bonchev–Trinajstić information content (AvgIpc) is 2.53. The minimum atomic E-state index is -0.313. The molecule has 2 fully saturated rings. The first-order chi connectivity index (χ1) is 11.3. The molecule has 0 aromatic heterocycles. The number of likely N-dealkylation sites (tertiary alicyclic amines) is 1. The quantitative estimate of drug-likeness (QED) is 0.727. The van der Waals surface area contributed by atoms with Gasteiger partial charge in [0.05, 0.1) is 26.2 Å². The second-order valence-electron chi connectivity index (χ2n) is 8.04. The van der Waals surface area contributed by atoms with E-state index in [9.17, 15) is 9.59 Å². The van der Waals surface area contributed by atoms with E-state index in [0.717, 1.165) is 45.6 Å². The van der Waals surface area contributed by atoms with Gasteiger partial charge in [-0.25, -0.2) is 0 Å². The molecule has 0 radical (unpaired) electrons. The molecule has 2 heterocycles. The number of amides is 1. The van der Waals surface area contributed by atoms with Crippen molar-refractivity contribution in [2.24, 2.45) is 11.3 Å². The molecule has 0 aromatic carbocycles. The SMILES string of the molecule is COC(=O)CC1CN(CC2CCCN(C(=O)C(C)(C)C)C2)CCO1. The number of carbonyl (C=O) groups excluding carboxylic acids is 2. The van der Waals surface area contributed by atoms with Crippen LogP contribution < -0.4 is 0 Å². The second-order valence-corrected chi connectivity index (χ2v) is 8.04. The molecule has 2 aliphatic heterocycles. The van der Waals surface area contributed by atoms with Gasteiger partial charge in [-0.15, -0.1) is 0 Å². The molecule has 6 nitrogen and oxygen atoms in total. The van der Waals surface area contributed by atoms with E-state index < -0.39 is 0 Å². The van der Waals surface area contributed by atoms with E-state index >= 15 is 0 Å². The molecule has 1 amide bonds. The molecule has 0 aliphatic carbocycles. The van der Waals surface area contributed by atoms with Crippen LogP contribution in [-0.2, 0) is 19.1 Å². The zero-order chi connectivity index (χ0) is 17.7. The molecule has 0 bridgehead atoms. The molecule has 0 spiro atoms. The van der Waals surface area contributed by atoms with Gasteiger partial charge >= 0.3 is 5.97 Å². The fourth-order valence-electron chi connectivity index (χ4n) is 3.58. The smallest absolute Gasteiger partial charge is 0.308 e. The first kappa shape index (κ1) is 19.2. The summed E-state index contributed by atoms with van der Waals surface area (Å²) in [6.45, 7) is 10.9. The van der Waals surface area contributed by atoms with Gasteiger partial charge in [-0.1, -0.05) is 20.8 Å². The van der Waals surface area contributed by atoms with Crippen LogP contribution in [0.3, 0.4) is 0 Å². The molecule has 2 atom stereocenters. The van der Waals surface area contributed by atoms with E-state index in [2.05, 4.69) is 4.90 Å². The maximum Gasteiger partial charge on any atom is 0.308 e. The van der Waals surface area contributed by atoms with E-state index in [4.69, 9.17) is 9.47 Å². The number of rotatable bonds is 4. The van der Waals surface area contributed by atoms with Gasteiger partial charge in [0.25, 0.3) is 0 Å². The van der Waals surface area contributed by atoms with Crippen LogP contribution in [0.5, 0.6) is 0 Å². The summed E-state index contributed by atoms with van der Waals surface area (Å²) in [5.74, 6) is 0.529. The first-order valence-electron chi connectivity index (χ1n) is 8.99. The fourth-order valence-corrected chi connectivity index (χ4v) is 3.58. The second kappa shape index (κ2) is 8.30. The molecule has 0 saturated carbocycles. The van der Waals surface area contributed by atoms with Crippen LogP contribution in [0.4, 0.5) is 0 Å². The molecule has 2 unspecified atom stereocenters. The lowest BCUT2D eigenvalue weighted by atomic mass is 9.91. The Bertz CT molecular complexity index is 447. The third kappa shape index (κ3) is 5.45. The maximum atomic E-state index is 12.5. The van der Waals surface area contributed by atoms with Gasteiger partial charge in [-0.2, -0.15) is 0 Å². The first-order valence-corrected chi connectivity index (χ1v) is 8.99. The molecular formula is C18H32N2O4. The number of esters is 1. The van der Waals surface area contributed by atoms with E-state index in [1.54, 1.807) is 0 Å². The van der Waals surface area contributed by atoms with E-state index in [-0.39, 0.29) is 23.4 Å². The Labute approximate surface area is 145 Å². The molecule has 0 aromatic rings. The summed E-state index contributed by atoms with van der Waals surface area (Å²) < 4.78 is 10.4. The molecular weight excluding hydrogens is 308 g/mol. The van der Waals surface area contributed by atoms with Crippen molar-refractivity contribution in [1.82, 2.24) is 9.80 Å². The minimum Gasteiger partial charge on any atom is -0.469 e. The number of carbonyl (C=O) groups is 2. The van der Waals surface area contributed by atoms with Gasteiger partial charge in [-0.3, -0.25) is 14.5 Å². The summed E-state index contributed by atoms with van der Waals surface area (Å²) in [6, 6.07) is 0. The number of hydrogen-bond acceptors (Lipinski definition) is 5. The van der Waals surface area contributed by atoms with Crippen molar-refractivity contribution >= 4 is 11.9 Å². The van der Waals surface area contributed by atoms with Crippen LogP contribution in [0.25, 0.3) is 0 Å². The third-order valence-corrected chi connectivity index (χ3v) is 4.81. The fraction of sp³-hybridized carbons (Fsp3) is 0.889. The lowest BCUT2D eigenvalue weighted by Gasteiger charge is -2.40. The Balaban J connectivity index is 1.84. The number of nitrogens with zero attached hydrogens (tertiary/aromatic N) is 2. The van der Waals surface area contributed by atoms with Crippen LogP contribution in [0.1, 0.15) is 40.0 Å². The average molecular weight is 340 g/mol. The summed E-state index contributed by atoms with van der Waals surface area (Å²) in [4.78, 5) is 28.3. The number of hydrogen-bond donors (Lipinski definition) is 0. The summed E-state index contributed by atoms with van der Waals surface area (Å²) in [5, 5.41) is 0. The van der Waals surface area contributed by atoms with Crippen molar-refractivity contribution in [2.45, 2.75) is 46.1 Å². The van der Waals surface area contributed by atoms with Crippen LogP contribution >= 0.6 is 0 Å². The Morgan fingerprint density at radius 1 is 1.21 bits per heavy atom. The molecule has 6 heteroatoms. The number of methoxy groups -OCH3 is 1. The topological polar surface area (TPSA) is 59.1 Å². The van der Waals surface area contributed by atoms with Gasteiger partial charge in [0.15, 0.2) is 0 Å². The summed E-state index contributed by atoms with van der Waals surface area (Å²) in [7, 11) is 1.41. The van der Waals surface area contributed by atoms with Crippen LogP contribution in [0.15, 0.2) is 0 Å². The van der Waals surface area contributed by atoms with Gasteiger partial charge < -0.3 is 14.4 Å². The van der Waals surface area contributed by atoms with Crippen LogP contribution in [0, 0.1) is 11.3 Å². The highest BCUT2D eigenvalue weighted by molar-refractivity contribution is 5.81. The van der Waals surface area contributed by atoms with Crippen LogP contribution in [0.2, 0.25) is 0 Å². The highest BCUT2D eigenvalue weighted by Gasteiger charge is 2.32. The van der Waals surface area contributed by atoms with Crippen LogP contribution in [-0.4, -0.2) is 74.2 Å². The summed E-state index contributed by atoms with van der Waals surface area (Å²) in [5.41, 5.74) is -0.313. The van der Waals surface area contributed by atoms with Crippen molar-refractivity contribution in [1.29, 1.82) is 0 Å². The largest absolute Gasteiger partial charge is 0.469 e. The predicted molar refractivity (Wildman–Crippen MR) is 91.6 cm³/mol. The summed E-state index contributed by atoms with van der Waals surface area (Å²) in [6.07, 6.45) is 2.46. The number of piperidine rings is 1. The van der Waals surface area contributed by atoms with Gasteiger partial charge in [-0.05, 0) is 18.8 Å². The zero-order valence-corrected chi connectivity index (χ0v) is 15.5. The van der Waals surface area contributed by atoms with Crippen molar-refractivity contribution in [2.75, 3.05) is 46.4 Å². The maximum absolute atomic E-state index is 12.5. The van der Waals surface area contributed by atoms with E-state index in [1.807, 2.05) is 25.7 Å². The lowest BCUT2D eigenvalue weighted by molar-refractivity contribution is -0.146. The number of ether oxygens (including phenoxy) is 2. The molecule has 2 aliphatic rings. The normalized spacial score (nSPS) is 26.2. The lowest BCUT2D eigenvalue weighted by Crippen LogP contribution is -2.50. The molecule has 2 rings (SSSR count). The minimum absolute atomic E-state index is 0.0814. The molecule has 24 heavy (non-hydrogen) atoms. The van der Waals surface area contributed by atoms with Gasteiger partial charge in [0.1, 0.15) is 0 Å².